The third-order valence-corrected chi connectivity index (χ3v) is 4.27. The molecule has 2 N–H and O–H groups in total. The molecule has 0 saturated heterocycles. The topological polar surface area (TPSA) is 83.4 Å². The first-order chi connectivity index (χ1) is 14.7. The van der Waals surface area contributed by atoms with Gasteiger partial charge < -0.3 is 20.1 Å². The lowest BCUT2D eigenvalue weighted by Crippen LogP contribution is -2.32. The number of rotatable bonds is 9. The van der Waals surface area contributed by atoms with Gasteiger partial charge in [-0.25, -0.2) is 4.79 Å². The molecule has 0 radical (unpaired) electrons. The number of nitrogens with one attached hydrogen (secondary N) is 2. The minimum Gasteiger partial charge on any atom is -0.492 e. The van der Waals surface area contributed by atoms with Crippen LogP contribution in [-0.2, 0) is 13.0 Å². The molecule has 0 aliphatic rings. The maximum atomic E-state index is 12.2. The van der Waals surface area contributed by atoms with E-state index in [2.05, 4.69) is 16.7 Å². The van der Waals surface area contributed by atoms with Crippen LogP contribution in [0, 0.1) is 11.3 Å². The molecule has 6 heteroatoms. The van der Waals surface area contributed by atoms with Gasteiger partial charge in [-0.2, -0.15) is 5.26 Å². The minimum absolute atomic E-state index is 0.306. The number of amides is 2. The van der Waals surface area contributed by atoms with E-state index in [4.69, 9.17) is 14.7 Å². The average molecular weight is 401 g/mol. The van der Waals surface area contributed by atoms with Crippen LogP contribution in [0.4, 0.5) is 10.5 Å². The molecular weight excluding hydrogens is 378 g/mol. The maximum absolute atomic E-state index is 12.2. The van der Waals surface area contributed by atoms with Gasteiger partial charge in [0.05, 0.1) is 19.0 Å². The lowest BCUT2D eigenvalue weighted by molar-refractivity contribution is 0.247. The van der Waals surface area contributed by atoms with E-state index in [9.17, 15) is 4.79 Å². The normalized spacial score (nSPS) is 9.97. The van der Waals surface area contributed by atoms with Crippen LogP contribution >= 0.6 is 0 Å². The second-order valence-corrected chi connectivity index (χ2v) is 6.47. The fourth-order valence-corrected chi connectivity index (χ4v) is 2.74. The summed E-state index contributed by atoms with van der Waals surface area (Å²) in [6.07, 6.45) is 0.374. The van der Waals surface area contributed by atoms with Gasteiger partial charge in [-0.1, -0.05) is 48.5 Å². The molecule has 0 spiro atoms. The molecule has 2 amide bonds. The molecule has 6 nitrogen and oxygen atoms in total. The van der Waals surface area contributed by atoms with Gasteiger partial charge in [0.15, 0.2) is 0 Å². The number of hydrogen-bond donors (Lipinski definition) is 2. The van der Waals surface area contributed by atoms with Gasteiger partial charge in [-0.05, 0) is 35.9 Å². The molecular formula is C24H23N3O3. The van der Waals surface area contributed by atoms with Crippen molar-refractivity contribution in [2.45, 2.75) is 13.0 Å². The van der Waals surface area contributed by atoms with E-state index in [1.807, 2.05) is 78.9 Å². The zero-order valence-electron chi connectivity index (χ0n) is 16.5. The van der Waals surface area contributed by atoms with Crippen molar-refractivity contribution in [2.24, 2.45) is 0 Å². The largest absolute Gasteiger partial charge is 0.492 e. The first-order valence-corrected chi connectivity index (χ1v) is 9.64. The second kappa shape index (κ2) is 11.1. The number of hydrogen-bond acceptors (Lipinski definition) is 4. The number of urea groups is 1. The van der Waals surface area contributed by atoms with Crippen molar-refractivity contribution in [3.63, 3.8) is 0 Å². The summed E-state index contributed by atoms with van der Waals surface area (Å²) in [6, 6.07) is 26.2. The van der Waals surface area contributed by atoms with Gasteiger partial charge in [0.25, 0.3) is 0 Å². The van der Waals surface area contributed by atoms with Crippen LogP contribution in [0.15, 0.2) is 78.9 Å². The lowest BCUT2D eigenvalue weighted by Gasteiger charge is -2.13. The number of anilines is 1. The van der Waals surface area contributed by atoms with Crippen molar-refractivity contribution >= 4 is 11.7 Å². The van der Waals surface area contributed by atoms with Crippen LogP contribution in [0.5, 0.6) is 11.5 Å². The minimum atomic E-state index is -0.306. The molecule has 0 atom stereocenters. The van der Waals surface area contributed by atoms with Gasteiger partial charge >= 0.3 is 6.03 Å². The van der Waals surface area contributed by atoms with Crippen molar-refractivity contribution in [2.75, 3.05) is 18.5 Å². The maximum Gasteiger partial charge on any atom is 0.319 e. The molecule has 3 rings (SSSR count). The molecule has 0 unspecified atom stereocenters. The summed E-state index contributed by atoms with van der Waals surface area (Å²) in [5.41, 5.74) is 2.48. The quantitative estimate of drug-likeness (QED) is 0.516. The Morgan fingerprint density at radius 3 is 2.33 bits per heavy atom. The van der Waals surface area contributed by atoms with E-state index in [-0.39, 0.29) is 6.03 Å². The first-order valence-electron chi connectivity index (χ1n) is 9.64. The van der Waals surface area contributed by atoms with E-state index < -0.39 is 0 Å². The molecule has 0 aliphatic carbocycles. The molecule has 0 aromatic heterocycles. The summed E-state index contributed by atoms with van der Waals surface area (Å²) in [7, 11) is 0. The molecule has 30 heavy (non-hydrogen) atoms. The SMILES string of the molecule is N#CCc1ccc(OCc2ccccc2NC(=O)NCCOc2ccccc2)cc1. The van der Waals surface area contributed by atoms with Crippen molar-refractivity contribution in [3.05, 3.63) is 90.0 Å². The Bertz CT molecular complexity index is 983. The highest BCUT2D eigenvalue weighted by Gasteiger charge is 2.07. The summed E-state index contributed by atoms with van der Waals surface area (Å²) >= 11 is 0. The second-order valence-electron chi connectivity index (χ2n) is 6.47. The van der Waals surface area contributed by atoms with Crippen LogP contribution < -0.4 is 20.1 Å². The zero-order valence-corrected chi connectivity index (χ0v) is 16.5. The summed E-state index contributed by atoms with van der Waals surface area (Å²) in [6.45, 7) is 1.07. The van der Waals surface area contributed by atoms with Gasteiger partial charge in [0.2, 0.25) is 0 Å². The summed E-state index contributed by atoms with van der Waals surface area (Å²) in [5, 5.41) is 14.4. The number of para-hydroxylation sites is 2. The van der Waals surface area contributed by atoms with Crippen molar-refractivity contribution in [1.82, 2.24) is 5.32 Å². The fourth-order valence-electron chi connectivity index (χ4n) is 2.74. The smallest absolute Gasteiger partial charge is 0.319 e. The Hall–Kier alpha value is -3.98. The third kappa shape index (κ3) is 6.57. The molecule has 0 heterocycles. The molecule has 3 aromatic rings. The molecule has 0 fully saturated rings. The van der Waals surface area contributed by atoms with Crippen molar-refractivity contribution in [1.29, 1.82) is 5.26 Å². The first kappa shape index (κ1) is 20.7. The Balaban J connectivity index is 1.47. The van der Waals surface area contributed by atoms with Crippen LogP contribution in [0.3, 0.4) is 0 Å². The number of benzene rings is 3. The highest BCUT2D eigenvalue weighted by Crippen LogP contribution is 2.19. The van der Waals surface area contributed by atoms with Crippen molar-refractivity contribution < 1.29 is 14.3 Å². The van der Waals surface area contributed by atoms with E-state index in [1.54, 1.807) is 0 Å². The van der Waals surface area contributed by atoms with Crippen LogP contribution in [0.1, 0.15) is 11.1 Å². The summed E-state index contributed by atoms with van der Waals surface area (Å²) < 4.78 is 11.4. The predicted octanol–water partition coefficient (Wildman–Crippen LogP) is 4.53. The number of nitrogens with zero attached hydrogens (tertiary/aromatic N) is 1. The van der Waals surface area contributed by atoms with Gasteiger partial charge in [0.1, 0.15) is 24.7 Å². The van der Waals surface area contributed by atoms with E-state index in [0.29, 0.717) is 37.6 Å². The van der Waals surface area contributed by atoms with Crippen molar-refractivity contribution in [3.8, 4) is 17.6 Å². The van der Waals surface area contributed by atoms with Gasteiger partial charge in [-0.15, -0.1) is 0 Å². The standard InChI is InChI=1S/C24H23N3O3/c25-15-14-19-10-12-22(13-11-19)30-18-20-6-4-5-9-23(20)27-24(28)26-16-17-29-21-7-2-1-3-8-21/h1-13H,14,16-18H2,(H2,26,27,28). The Kier molecular flexibility index (Phi) is 7.69. The van der Waals surface area contributed by atoms with Crippen LogP contribution in [-0.4, -0.2) is 19.2 Å². The number of nitriles is 1. The average Bonchev–Trinajstić information content (AvgIpc) is 2.78. The lowest BCUT2D eigenvalue weighted by atomic mass is 10.1. The highest BCUT2D eigenvalue weighted by atomic mass is 16.5. The number of ether oxygens (including phenoxy) is 2. The van der Waals surface area contributed by atoms with Gasteiger partial charge in [-0.3, -0.25) is 0 Å². The molecule has 3 aromatic carbocycles. The fraction of sp³-hybridized carbons (Fsp3) is 0.167. The van der Waals surface area contributed by atoms with Crippen LogP contribution in [0.2, 0.25) is 0 Å². The molecule has 152 valence electrons. The molecule has 0 aliphatic heterocycles. The summed E-state index contributed by atoms with van der Waals surface area (Å²) in [5.74, 6) is 1.47. The Morgan fingerprint density at radius 1 is 0.867 bits per heavy atom. The van der Waals surface area contributed by atoms with E-state index in [1.165, 1.54) is 0 Å². The van der Waals surface area contributed by atoms with Crippen LogP contribution in [0.25, 0.3) is 0 Å². The Morgan fingerprint density at radius 2 is 1.57 bits per heavy atom. The monoisotopic (exact) mass is 401 g/mol. The highest BCUT2D eigenvalue weighted by molar-refractivity contribution is 5.90. The predicted molar refractivity (Wildman–Crippen MR) is 115 cm³/mol. The van der Waals surface area contributed by atoms with E-state index in [0.717, 1.165) is 16.9 Å². The third-order valence-electron chi connectivity index (χ3n) is 4.27. The molecule has 0 saturated carbocycles. The molecule has 0 bridgehead atoms. The Labute approximate surface area is 176 Å². The van der Waals surface area contributed by atoms with Gasteiger partial charge in [0, 0.05) is 11.3 Å². The van der Waals surface area contributed by atoms with E-state index >= 15 is 0 Å². The summed E-state index contributed by atoms with van der Waals surface area (Å²) in [4.78, 5) is 12.2. The number of carbonyl (C=O) groups excluding carboxylic acids is 1. The zero-order chi connectivity index (χ0) is 21.0. The number of carbonyl (C=O) groups is 1.